The first kappa shape index (κ1) is 19.2. The van der Waals surface area contributed by atoms with Gasteiger partial charge in [-0.1, -0.05) is 0 Å². The average Bonchev–Trinajstić information content (AvgIpc) is 3.43. The standard InChI is InChI=1S/C19H40N4/c1-16(22-14-18-4-5-18)8-12-20-10-3-11-21-13-9-17(2)23-15-19-6-7-19/h16-23H,3-15H2,1-2H3. The summed E-state index contributed by atoms with van der Waals surface area (Å²) in [5.41, 5.74) is 0. The number of hydrogen-bond donors (Lipinski definition) is 4. The molecule has 4 heteroatoms. The van der Waals surface area contributed by atoms with Gasteiger partial charge in [-0.25, -0.2) is 0 Å². The summed E-state index contributed by atoms with van der Waals surface area (Å²) < 4.78 is 0. The first-order chi connectivity index (χ1) is 11.2. The highest BCUT2D eigenvalue weighted by molar-refractivity contribution is 4.77. The van der Waals surface area contributed by atoms with Gasteiger partial charge in [0.05, 0.1) is 0 Å². The van der Waals surface area contributed by atoms with Crippen LogP contribution in [0.2, 0.25) is 0 Å². The highest BCUT2D eigenvalue weighted by Gasteiger charge is 2.21. The third kappa shape index (κ3) is 11.1. The van der Waals surface area contributed by atoms with Gasteiger partial charge in [-0.05, 0) is 110 Å². The average molecular weight is 325 g/mol. The van der Waals surface area contributed by atoms with Crippen molar-refractivity contribution >= 4 is 0 Å². The lowest BCUT2D eigenvalue weighted by atomic mass is 10.2. The molecule has 0 radical (unpaired) electrons. The zero-order valence-electron chi connectivity index (χ0n) is 15.5. The molecule has 0 amide bonds. The van der Waals surface area contributed by atoms with Gasteiger partial charge < -0.3 is 21.3 Å². The molecular weight excluding hydrogens is 284 g/mol. The minimum Gasteiger partial charge on any atom is -0.317 e. The fraction of sp³-hybridized carbons (Fsp3) is 1.00. The van der Waals surface area contributed by atoms with E-state index < -0.39 is 0 Å². The van der Waals surface area contributed by atoms with Gasteiger partial charge in [0, 0.05) is 12.1 Å². The minimum atomic E-state index is 0.658. The van der Waals surface area contributed by atoms with Gasteiger partial charge in [-0.3, -0.25) is 0 Å². The highest BCUT2D eigenvalue weighted by Crippen LogP contribution is 2.28. The second-order valence-electron chi connectivity index (χ2n) is 7.94. The normalized spacial score (nSPS) is 20.6. The SMILES string of the molecule is CC(CCNCCCNCCC(C)NCC1CC1)NCC1CC1. The Morgan fingerprint density at radius 2 is 1.13 bits per heavy atom. The van der Waals surface area contributed by atoms with Crippen molar-refractivity contribution in [2.45, 2.75) is 70.9 Å². The van der Waals surface area contributed by atoms with Crippen LogP contribution in [0.3, 0.4) is 0 Å². The smallest absolute Gasteiger partial charge is 0.00509 e. The maximum atomic E-state index is 3.64. The van der Waals surface area contributed by atoms with Crippen LogP contribution in [0.15, 0.2) is 0 Å². The van der Waals surface area contributed by atoms with Gasteiger partial charge in [-0.2, -0.15) is 0 Å². The lowest BCUT2D eigenvalue weighted by Gasteiger charge is -2.15. The fourth-order valence-corrected chi connectivity index (χ4v) is 2.81. The molecular formula is C19H40N4. The summed E-state index contributed by atoms with van der Waals surface area (Å²) in [5, 5.41) is 14.4. The zero-order chi connectivity index (χ0) is 16.3. The van der Waals surface area contributed by atoms with Gasteiger partial charge in [0.15, 0.2) is 0 Å². The Morgan fingerprint density at radius 1 is 0.696 bits per heavy atom. The molecule has 23 heavy (non-hydrogen) atoms. The molecule has 2 aliphatic rings. The maximum absolute atomic E-state index is 3.64. The molecule has 4 N–H and O–H groups in total. The molecule has 0 aromatic rings. The summed E-state index contributed by atoms with van der Waals surface area (Å²) in [5.74, 6) is 1.98. The second-order valence-corrected chi connectivity index (χ2v) is 7.94. The summed E-state index contributed by atoms with van der Waals surface area (Å²) in [6, 6.07) is 1.32. The van der Waals surface area contributed by atoms with Gasteiger partial charge in [0.1, 0.15) is 0 Å². The van der Waals surface area contributed by atoms with E-state index in [0.717, 1.165) is 38.0 Å². The van der Waals surface area contributed by atoms with Crippen LogP contribution in [0, 0.1) is 11.8 Å². The topological polar surface area (TPSA) is 48.1 Å². The van der Waals surface area contributed by atoms with E-state index in [1.54, 1.807) is 0 Å². The van der Waals surface area contributed by atoms with E-state index in [2.05, 4.69) is 35.1 Å². The third-order valence-electron chi connectivity index (χ3n) is 5.12. The van der Waals surface area contributed by atoms with E-state index in [0.29, 0.717) is 12.1 Å². The van der Waals surface area contributed by atoms with Crippen molar-refractivity contribution in [1.29, 1.82) is 0 Å². The first-order valence-corrected chi connectivity index (χ1v) is 10.1. The molecule has 2 unspecified atom stereocenters. The quantitative estimate of drug-likeness (QED) is 0.329. The molecule has 0 heterocycles. The van der Waals surface area contributed by atoms with Crippen molar-refractivity contribution in [1.82, 2.24) is 21.3 Å². The maximum Gasteiger partial charge on any atom is 0.00509 e. The predicted octanol–water partition coefficient (Wildman–Crippen LogP) is 2.11. The molecule has 136 valence electrons. The first-order valence-electron chi connectivity index (χ1n) is 10.1. The summed E-state index contributed by atoms with van der Waals surface area (Å²) in [4.78, 5) is 0. The summed E-state index contributed by atoms with van der Waals surface area (Å²) >= 11 is 0. The van der Waals surface area contributed by atoms with E-state index in [-0.39, 0.29) is 0 Å². The van der Waals surface area contributed by atoms with Gasteiger partial charge in [0.25, 0.3) is 0 Å². The Kier molecular flexibility index (Phi) is 9.50. The van der Waals surface area contributed by atoms with Gasteiger partial charge >= 0.3 is 0 Å². The molecule has 4 nitrogen and oxygen atoms in total. The van der Waals surface area contributed by atoms with E-state index >= 15 is 0 Å². The van der Waals surface area contributed by atoms with Crippen LogP contribution in [0.5, 0.6) is 0 Å². The Morgan fingerprint density at radius 3 is 1.52 bits per heavy atom. The van der Waals surface area contributed by atoms with Crippen LogP contribution >= 0.6 is 0 Å². The molecule has 0 spiro atoms. The van der Waals surface area contributed by atoms with Crippen LogP contribution in [0.4, 0.5) is 0 Å². The monoisotopic (exact) mass is 324 g/mol. The Balaban J connectivity index is 1.25. The fourth-order valence-electron chi connectivity index (χ4n) is 2.81. The molecule has 2 saturated carbocycles. The highest BCUT2D eigenvalue weighted by atomic mass is 14.9. The van der Waals surface area contributed by atoms with Crippen LogP contribution < -0.4 is 21.3 Å². The minimum absolute atomic E-state index is 0.658. The predicted molar refractivity (Wildman–Crippen MR) is 100.0 cm³/mol. The van der Waals surface area contributed by atoms with Crippen LogP contribution in [-0.2, 0) is 0 Å². The zero-order valence-corrected chi connectivity index (χ0v) is 15.5. The van der Waals surface area contributed by atoms with Crippen LogP contribution in [0.25, 0.3) is 0 Å². The van der Waals surface area contributed by atoms with Crippen LogP contribution in [-0.4, -0.2) is 51.4 Å². The summed E-state index contributed by atoms with van der Waals surface area (Å²) in [6.45, 7) is 11.6. The van der Waals surface area contributed by atoms with E-state index in [4.69, 9.17) is 0 Å². The largest absolute Gasteiger partial charge is 0.317 e. The third-order valence-corrected chi connectivity index (χ3v) is 5.12. The lowest BCUT2D eigenvalue weighted by molar-refractivity contribution is 0.468. The Hall–Kier alpha value is -0.160. The van der Waals surface area contributed by atoms with Gasteiger partial charge in [0.2, 0.25) is 0 Å². The van der Waals surface area contributed by atoms with E-state index in [9.17, 15) is 0 Å². The molecule has 0 aliphatic heterocycles. The number of nitrogens with one attached hydrogen (secondary N) is 4. The number of hydrogen-bond acceptors (Lipinski definition) is 4. The van der Waals surface area contributed by atoms with Crippen molar-refractivity contribution in [3.05, 3.63) is 0 Å². The second kappa shape index (κ2) is 11.4. The molecule has 2 atom stereocenters. The molecule has 0 saturated heterocycles. The summed E-state index contributed by atoms with van der Waals surface area (Å²) in [7, 11) is 0. The molecule has 2 aliphatic carbocycles. The summed E-state index contributed by atoms with van der Waals surface area (Å²) in [6.07, 6.45) is 9.49. The van der Waals surface area contributed by atoms with E-state index in [1.165, 1.54) is 58.0 Å². The number of rotatable bonds is 16. The van der Waals surface area contributed by atoms with Crippen molar-refractivity contribution in [2.75, 3.05) is 39.3 Å². The molecule has 0 aromatic carbocycles. The molecule has 2 fully saturated rings. The Labute approximate surface area is 143 Å². The van der Waals surface area contributed by atoms with Crippen molar-refractivity contribution in [3.8, 4) is 0 Å². The Bertz CT molecular complexity index is 261. The molecule has 0 aromatic heterocycles. The van der Waals surface area contributed by atoms with Crippen LogP contribution in [0.1, 0.15) is 58.8 Å². The molecule has 2 rings (SSSR count). The molecule has 0 bridgehead atoms. The van der Waals surface area contributed by atoms with Crippen molar-refractivity contribution < 1.29 is 0 Å². The lowest BCUT2D eigenvalue weighted by Crippen LogP contribution is -2.33. The van der Waals surface area contributed by atoms with Crippen molar-refractivity contribution in [2.24, 2.45) is 11.8 Å². The van der Waals surface area contributed by atoms with Crippen molar-refractivity contribution in [3.63, 3.8) is 0 Å². The van der Waals surface area contributed by atoms with Gasteiger partial charge in [-0.15, -0.1) is 0 Å². The van der Waals surface area contributed by atoms with E-state index in [1.807, 2.05) is 0 Å².